The Morgan fingerprint density at radius 2 is 1.89 bits per heavy atom. The molecule has 1 saturated heterocycles. The molecule has 0 saturated carbocycles. The van der Waals surface area contributed by atoms with E-state index in [4.69, 9.17) is 16.3 Å². The average Bonchev–Trinajstić information content (AvgIpc) is 3.11. The van der Waals surface area contributed by atoms with Crippen LogP contribution >= 0.6 is 11.6 Å². The van der Waals surface area contributed by atoms with Crippen molar-refractivity contribution in [2.45, 2.75) is 12.8 Å². The van der Waals surface area contributed by atoms with E-state index in [9.17, 15) is 24.5 Å². The third-order valence-electron chi connectivity index (χ3n) is 4.29. The predicted molar refractivity (Wildman–Crippen MR) is 101 cm³/mol. The van der Waals surface area contributed by atoms with Gasteiger partial charge in [-0.15, -0.1) is 0 Å². The highest BCUT2D eigenvalue weighted by atomic mass is 35.5. The van der Waals surface area contributed by atoms with Gasteiger partial charge in [-0.1, -0.05) is 11.6 Å². The first-order valence-corrected chi connectivity index (χ1v) is 8.79. The Hall–Kier alpha value is -3.26. The summed E-state index contributed by atoms with van der Waals surface area (Å²) in [6.07, 6.45) is 1.32. The van der Waals surface area contributed by atoms with Gasteiger partial charge in [0.2, 0.25) is 5.91 Å². The maximum absolute atomic E-state index is 12.2. The molecule has 1 amide bonds. The second-order valence-corrected chi connectivity index (χ2v) is 6.52. The highest BCUT2D eigenvalue weighted by Gasteiger charge is 2.22. The SMILES string of the molecule is O=C(COC(=O)c1ccc([N+](=O)[O-])cc1Cl)c1ccc(N2CCCC2=O)cc1. The minimum absolute atomic E-state index is 0.0491. The van der Waals surface area contributed by atoms with Gasteiger partial charge in [0, 0.05) is 36.3 Å². The number of carbonyl (C=O) groups excluding carboxylic acids is 3. The number of benzene rings is 2. The normalized spacial score (nSPS) is 13.5. The van der Waals surface area contributed by atoms with Gasteiger partial charge in [-0.3, -0.25) is 19.7 Å². The van der Waals surface area contributed by atoms with Gasteiger partial charge in [0.1, 0.15) is 0 Å². The third-order valence-corrected chi connectivity index (χ3v) is 4.60. The van der Waals surface area contributed by atoms with E-state index in [0.717, 1.165) is 18.6 Å². The number of rotatable bonds is 6. The summed E-state index contributed by atoms with van der Waals surface area (Å²) >= 11 is 5.87. The van der Waals surface area contributed by atoms with Gasteiger partial charge < -0.3 is 9.64 Å². The summed E-state index contributed by atoms with van der Waals surface area (Å²) in [7, 11) is 0. The summed E-state index contributed by atoms with van der Waals surface area (Å²) in [6, 6.07) is 9.82. The highest BCUT2D eigenvalue weighted by Crippen LogP contribution is 2.24. The first-order chi connectivity index (χ1) is 13.4. The van der Waals surface area contributed by atoms with Crippen molar-refractivity contribution in [3.63, 3.8) is 0 Å². The Morgan fingerprint density at radius 3 is 2.46 bits per heavy atom. The summed E-state index contributed by atoms with van der Waals surface area (Å²) in [4.78, 5) is 47.8. The number of anilines is 1. The van der Waals surface area contributed by atoms with Crippen LogP contribution < -0.4 is 4.90 Å². The number of hydrogen-bond acceptors (Lipinski definition) is 6. The van der Waals surface area contributed by atoms with Gasteiger partial charge >= 0.3 is 5.97 Å². The summed E-state index contributed by atoms with van der Waals surface area (Å²) in [5, 5.41) is 10.6. The maximum Gasteiger partial charge on any atom is 0.340 e. The first-order valence-electron chi connectivity index (χ1n) is 8.41. The molecule has 1 aliphatic heterocycles. The standard InChI is InChI=1S/C19H15ClN2O6/c20-16-10-14(22(26)27)7-8-15(16)19(25)28-11-17(23)12-3-5-13(6-4-12)21-9-1-2-18(21)24/h3-8,10H,1-2,9,11H2. The molecule has 28 heavy (non-hydrogen) atoms. The molecule has 1 fully saturated rings. The quantitative estimate of drug-likeness (QED) is 0.317. The number of halogens is 1. The summed E-state index contributed by atoms with van der Waals surface area (Å²) in [5.41, 5.74) is 0.726. The van der Waals surface area contributed by atoms with Crippen LogP contribution in [0.4, 0.5) is 11.4 Å². The minimum Gasteiger partial charge on any atom is -0.454 e. The van der Waals surface area contributed by atoms with Crippen LogP contribution in [0.1, 0.15) is 33.6 Å². The molecule has 144 valence electrons. The molecule has 8 nitrogen and oxygen atoms in total. The topological polar surface area (TPSA) is 107 Å². The summed E-state index contributed by atoms with van der Waals surface area (Å²) < 4.78 is 4.97. The molecule has 2 aromatic carbocycles. The smallest absolute Gasteiger partial charge is 0.340 e. The average molecular weight is 403 g/mol. The molecule has 0 spiro atoms. The number of esters is 1. The molecule has 0 radical (unpaired) electrons. The monoisotopic (exact) mass is 402 g/mol. The zero-order valence-electron chi connectivity index (χ0n) is 14.6. The van der Waals surface area contributed by atoms with Crippen LogP contribution in [0.25, 0.3) is 0 Å². The van der Waals surface area contributed by atoms with Gasteiger partial charge in [0.25, 0.3) is 5.69 Å². The molecule has 0 atom stereocenters. The van der Waals surface area contributed by atoms with Gasteiger partial charge in [-0.25, -0.2) is 4.79 Å². The fraction of sp³-hybridized carbons (Fsp3) is 0.211. The molecule has 0 unspecified atom stereocenters. The maximum atomic E-state index is 12.2. The summed E-state index contributed by atoms with van der Waals surface area (Å²) in [5.74, 6) is -1.23. The van der Waals surface area contributed by atoms with Crippen molar-refractivity contribution in [2.24, 2.45) is 0 Å². The van der Waals surface area contributed by atoms with Crippen LogP contribution in [-0.4, -0.2) is 35.7 Å². The second-order valence-electron chi connectivity index (χ2n) is 6.12. The Balaban J connectivity index is 1.61. The van der Waals surface area contributed by atoms with E-state index in [1.54, 1.807) is 29.2 Å². The van der Waals surface area contributed by atoms with E-state index in [1.165, 1.54) is 6.07 Å². The number of nitro groups is 1. The van der Waals surface area contributed by atoms with E-state index >= 15 is 0 Å². The largest absolute Gasteiger partial charge is 0.454 e. The van der Waals surface area contributed by atoms with E-state index in [0.29, 0.717) is 24.2 Å². The second kappa shape index (κ2) is 8.18. The van der Waals surface area contributed by atoms with Crippen molar-refractivity contribution in [2.75, 3.05) is 18.1 Å². The van der Waals surface area contributed by atoms with Crippen molar-refractivity contribution >= 4 is 40.6 Å². The van der Waals surface area contributed by atoms with Crippen LogP contribution in [0.15, 0.2) is 42.5 Å². The fourth-order valence-corrected chi connectivity index (χ4v) is 3.08. The number of non-ortho nitro benzene ring substituents is 1. The number of nitro benzene ring substituents is 1. The number of carbonyl (C=O) groups is 3. The van der Waals surface area contributed by atoms with E-state index < -0.39 is 23.3 Å². The highest BCUT2D eigenvalue weighted by molar-refractivity contribution is 6.33. The molecule has 3 rings (SSSR count). The molecule has 9 heteroatoms. The predicted octanol–water partition coefficient (Wildman–Crippen LogP) is 3.41. The first kappa shape index (κ1) is 19.5. The van der Waals surface area contributed by atoms with Crippen LogP contribution in [0.3, 0.4) is 0 Å². The molecule has 1 aliphatic rings. The number of ether oxygens (including phenoxy) is 1. The van der Waals surface area contributed by atoms with Gasteiger partial charge in [0.15, 0.2) is 12.4 Å². The summed E-state index contributed by atoms with van der Waals surface area (Å²) in [6.45, 7) is 0.147. The van der Waals surface area contributed by atoms with Gasteiger partial charge in [-0.05, 0) is 36.8 Å². The van der Waals surface area contributed by atoms with Crippen molar-refractivity contribution in [1.29, 1.82) is 0 Å². The lowest BCUT2D eigenvalue weighted by molar-refractivity contribution is -0.384. The van der Waals surface area contributed by atoms with Crippen molar-refractivity contribution in [1.82, 2.24) is 0 Å². The zero-order chi connectivity index (χ0) is 20.3. The molecule has 0 aromatic heterocycles. The zero-order valence-corrected chi connectivity index (χ0v) is 15.3. The molecule has 2 aromatic rings. The number of nitrogens with zero attached hydrogens (tertiary/aromatic N) is 2. The number of Topliss-reactive ketones (excluding diaryl/α,β-unsaturated/α-hetero) is 1. The minimum atomic E-state index is -0.854. The van der Waals surface area contributed by atoms with Gasteiger partial charge in [0.05, 0.1) is 15.5 Å². The van der Waals surface area contributed by atoms with Crippen molar-refractivity contribution < 1.29 is 24.0 Å². The Morgan fingerprint density at radius 1 is 1.18 bits per heavy atom. The lowest BCUT2D eigenvalue weighted by Gasteiger charge is -2.15. The lowest BCUT2D eigenvalue weighted by atomic mass is 10.1. The van der Waals surface area contributed by atoms with Crippen molar-refractivity contribution in [3.8, 4) is 0 Å². The van der Waals surface area contributed by atoms with Crippen LogP contribution in [0, 0.1) is 10.1 Å². The number of ketones is 1. The fourth-order valence-electron chi connectivity index (χ4n) is 2.82. The molecule has 0 bridgehead atoms. The Labute approximate surface area is 164 Å². The van der Waals surface area contributed by atoms with Gasteiger partial charge in [-0.2, -0.15) is 0 Å². The van der Waals surface area contributed by atoms with Crippen LogP contribution in [0.2, 0.25) is 5.02 Å². The van der Waals surface area contributed by atoms with Crippen LogP contribution in [-0.2, 0) is 9.53 Å². The van der Waals surface area contributed by atoms with Crippen LogP contribution in [0.5, 0.6) is 0 Å². The van der Waals surface area contributed by atoms with E-state index in [-0.39, 0.29) is 22.2 Å². The van der Waals surface area contributed by atoms with E-state index in [1.807, 2.05) is 0 Å². The molecular formula is C19H15ClN2O6. The molecule has 0 aliphatic carbocycles. The van der Waals surface area contributed by atoms with E-state index in [2.05, 4.69) is 0 Å². The molecule has 1 heterocycles. The molecule has 0 N–H and O–H groups in total. The molecular weight excluding hydrogens is 388 g/mol. The lowest BCUT2D eigenvalue weighted by Crippen LogP contribution is -2.23. The Kier molecular flexibility index (Phi) is 5.70. The Bertz CT molecular complexity index is 957. The number of amides is 1. The number of hydrogen-bond donors (Lipinski definition) is 0. The third kappa shape index (κ3) is 4.17. The van der Waals surface area contributed by atoms with Crippen molar-refractivity contribution in [3.05, 3.63) is 68.7 Å².